The Morgan fingerprint density at radius 1 is 1.31 bits per heavy atom. The van der Waals surface area contributed by atoms with Crippen LogP contribution >= 0.6 is 0 Å². The van der Waals surface area contributed by atoms with Crippen LogP contribution in [0.5, 0.6) is 11.5 Å². The monoisotopic (exact) mass is 224 g/mol. The molecule has 0 saturated carbocycles. The number of ether oxygens (including phenoxy) is 1. The predicted molar refractivity (Wildman–Crippen MR) is 59.6 cm³/mol. The second kappa shape index (κ2) is 6.00. The largest absolute Gasteiger partial charge is 0.504 e. The summed E-state index contributed by atoms with van der Waals surface area (Å²) in [6.07, 6.45) is 2.86. The van der Waals surface area contributed by atoms with E-state index in [1.54, 1.807) is 0 Å². The molecule has 0 amide bonds. The number of esters is 1. The van der Waals surface area contributed by atoms with Gasteiger partial charge in [0.2, 0.25) is 0 Å². The third-order valence-corrected chi connectivity index (χ3v) is 2.22. The van der Waals surface area contributed by atoms with Crippen molar-refractivity contribution in [2.24, 2.45) is 0 Å². The summed E-state index contributed by atoms with van der Waals surface area (Å²) in [4.78, 5) is 11.5. The minimum atomic E-state index is -0.607. The normalized spacial score (nSPS) is 10.1. The van der Waals surface area contributed by atoms with Crippen molar-refractivity contribution >= 4 is 5.97 Å². The number of phenols is 2. The Bertz CT molecular complexity index is 360. The molecule has 0 fully saturated rings. The van der Waals surface area contributed by atoms with Gasteiger partial charge in [0.15, 0.2) is 11.5 Å². The quantitative estimate of drug-likeness (QED) is 0.458. The van der Waals surface area contributed by atoms with Crippen LogP contribution in [-0.4, -0.2) is 22.8 Å². The first-order chi connectivity index (χ1) is 7.66. The number of phenolic OH excluding ortho intramolecular Hbond substituents is 2. The fourth-order valence-corrected chi connectivity index (χ4v) is 1.29. The molecule has 0 saturated heterocycles. The van der Waals surface area contributed by atoms with Crippen molar-refractivity contribution in [1.29, 1.82) is 0 Å². The lowest BCUT2D eigenvalue weighted by atomic mass is 10.2. The first-order valence-electron chi connectivity index (χ1n) is 5.35. The van der Waals surface area contributed by atoms with Crippen LogP contribution in [0, 0.1) is 0 Å². The van der Waals surface area contributed by atoms with E-state index < -0.39 is 11.7 Å². The first kappa shape index (κ1) is 12.4. The molecule has 0 aliphatic heterocycles. The van der Waals surface area contributed by atoms with Crippen molar-refractivity contribution in [2.45, 2.75) is 26.2 Å². The second-order valence-corrected chi connectivity index (χ2v) is 3.52. The third-order valence-electron chi connectivity index (χ3n) is 2.22. The zero-order valence-electron chi connectivity index (χ0n) is 9.27. The summed E-state index contributed by atoms with van der Waals surface area (Å²) >= 11 is 0. The van der Waals surface area contributed by atoms with Gasteiger partial charge in [-0.25, -0.2) is 4.79 Å². The van der Waals surface area contributed by atoms with E-state index in [4.69, 9.17) is 4.74 Å². The molecule has 16 heavy (non-hydrogen) atoms. The Kier molecular flexibility index (Phi) is 4.64. The van der Waals surface area contributed by atoms with Gasteiger partial charge in [-0.3, -0.25) is 0 Å². The Hall–Kier alpha value is -1.71. The van der Waals surface area contributed by atoms with Crippen molar-refractivity contribution in [3.8, 4) is 11.5 Å². The molecule has 0 bridgehead atoms. The molecular formula is C12H16O4. The lowest BCUT2D eigenvalue weighted by Gasteiger charge is -2.06. The fourth-order valence-electron chi connectivity index (χ4n) is 1.29. The molecule has 0 aromatic heterocycles. The molecule has 0 aliphatic rings. The van der Waals surface area contributed by atoms with Gasteiger partial charge in [0, 0.05) is 0 Å². The van der Waals surface area contributed by atoms with E-state index in [0.29, 0.717) is 6.61 Å². The molecule has 0 spiro atoms. The number of aromatic hydroxyl groups is 2. The van der Waals surface area contributed by atoms with Crippen molar-refractivity contribution < 1.29 is 19.7 Å². The molecule has 0 radical (unpaired) electrons. The molecule has 0 unspecified atom stereocenters. The molecule has 1 rings (SSSR count). The number of unbranched alkanes of at least 4 members (excludes halogenated alkanes) is 2. The molecule has 0 heterocycles. The topological polar surface area (TPSA) is 66.8 Å². The molecule has 1 aromatic carbocycles. The molecule has 0 aliphatic carbocycles. The van der Waals surface area contributed by atoms with Gasteiger partial charge in [0.25, 0.3) is 0 Å². The molecule has 88 valence electrons. The predicted octanol–water partition coefficient (Wildman–Crippen LogP) is 2.44. The van der Waals surface area contributed by atoms with E-state index in [1.807, 2.05) is 0 Å². The van der Waals surface area contributed by atoms with Gasteiger partial charge in [-0.15, -0.1) is 0 Å². The van der Waals surface area contributed by atoms with Gasteiger partial charge in [-0.2, -0.15) is 0 Å². The van der Waals surface area contributed by atoms with Crippen molar-refractivity contribution in [2.75, 3.05) is 6.61 Å². The average Bonchev–Trinajstić information content (AvgIpc) is 2.28. The SMILES string of the molecule is CCCCCOC(=O)c1cccc(O)c1O. The highest BCUT2D eigenvalue weighted by molar-refractivity contribution is 5.93. The summed E-state index contributed by atoms with van der Waals surface area (Å²) in [5.74, 6) is -1.35. The Morgan fingerprint density at radius 3 is 2.75 bits per heavy atom. The smallest absolute Gasteiger partial charge is 0.342 e. The average molecular weight is 224 g/mol. The zero-order valence-corrected chi connectivity index (χ0v) is 9.27. The van der Waals surface area contributed by atoms with E-state index in [2.05, 4.69) is 6.92 Å². The lowest BCUT2D eigenvalue weighted by molar-refractivity contribution is 0.0494. The standard InChI is InChI=1S/C12H16O4/c1-2-3-4-8-16-12(15)9-6-5-7-10(13)11(9)14/h5-7,13-14H,2-4,8H2,1H3. The van der Waals surface area contributed by atoms with Crippen molar-refractivity contribution in [3.63, 3.8) is 0 Å². The maximum atomic E-state index is 11.5. The van der Waals surface area contributed by atoms with Crippen LogP contribution in [0.25, 0.3) is 0 Å². The highest BCUT2D eigenvalue weighted by Crippen LogP contribution is 2.28. The highest BCUT2D eigenvalue weighted by Gasteiger charge is 2.14. The number of carbonyl (C=O) groups excluding carboxylic acids is 1. The van der Waals surface area contributed by atoms with Crippen molar-refractivity contribution in [1.82, 2.24) is 0 Å². The van der Waals surface area contributed by atoms with Gasteiger partial charge in [-0.1, -0.05) is 25.8 Å². The third kappa shape index (κ3) is 3.15. The van der Waals surface area contributed by atoms with Gasteiger partial charge in [0.05, 0.1) is 6.61 Å². The maximum Gasteiger partial charge on any atom is 0.342 e. The molecular weight excluding hydrogens is 208 g/mol. The van der Waals surface area contributed by atoms with Gasteiger partial charge in [0.1, 0.15) is 5.56 Å². The van der Waals surface area contributed by atoms with Crippen LogP contribution in [0.2, 0.25) is 0 Å². The van der Waals surface area contributed by atoms with Crippen molar-refractivity contribution in [3.05, 3.63) is 23.8 Å². The number of carbonyl (C=O) groups is 1. The van der Waals surface area contributed by atoms with Gasteiger partial charge < -0.3 is 14.9 Å². The lowest BCUT2D eigenvalue weighted by Crippen LogP contribution is -2.06. The summed E-state index contributed by atoms with van der Waals surface area (Å²) in [6, 6.07) is 4.21. The van der Waals surface area contributed by atoms with Crippen LogP contribution in [-0.2, 0) is 4.74 Å². The van der Waals surface area contributed by atoms with Crippen LogP contribution in [0.3, 0.4) is 0 Å². The maximum absolute atomic E-state index is 11.5. The molecule has 4 heteroatoms. The van der Waals surface area contributed by atoms with E-state index in [-0.39, 0.29) is 11.3 Å². The van der Waals surface area contributed by atoms with E-state index in [1.165, 1.54) is 18.2 Å². The minimum Gasteiger partial charge on any atom is -0.504 e. The summed E-state index contributed by atoms with van der Waals surface area (Å²) in [7, 11) is 0. The Labute approximate surface area is 94.5 Å². The number of para-hydroxylation sites is 1. The first-order valence-corrected chi connectivity index (χ1v) is 5.35. The summed E-state index contributed by atoms with van der Waals surface area (Å²) in [5, 5.41) is 18.6. The fraction of sp³-hybridized carbons (Fsp3) is 0.417. The second-order valence-electron chi connectivity index (χ2n) is 3.52. The Balaban J connectivity index is 2.56. The van der Waals surface area contributed by atoms with Gasteiger partial charge >= 0.3 is 5.97 Å². The number of hydrogen-bond acceptors (Lipinski definition) is 4. The molecule has 0 atom stereocenters. The number of hydrogen-bond donors (Lipinski definition) is 2. The molecule has 1 aromatic rings. The van der Waals surface area contributed by atoms with Crippen LogP contribution < -0.4 is 0 Å². The van der Waals surface area contributed by atoms with E-state index in [9.17, 15) is 15.0 Å². The van der Waals surface area contributed by atoms with Crippen LogP contribution in [0.1, 0.15) is 36.5 Å². The zero-order chi connectivity index (χ0) is 12.0. The summed E-state index contributed by atoms with van der Waals surface area (Å²) in [5.41, 5.74) is -0.00324. The Morgan fingerprint density at radius 2 is 2.06 bits per heavy atom. The van der Waals surface area contributed by atoms with Crippen LogP contribution in [0.4, 0.5) is 0 Å². The molecule has 2 N–H and O–H groups in total. The van der Waals surface area contributed by atoms with Gasteiger partial charge in [-0.05, 0) is 18.6 Å². The van der Waals surface area contributed by atoms with E-state index >= 15 is 0 Å². The number of benzene rings is 1. The highest BCUT2D eigenvalue weighted by atomic mass is 16.5. The summed E-state index contributed by atoms with van der Waals surface area (Å²) in [6.45, 7) is 2.39. The van der Waals surface area contributed by atoms with E-state index in [0.717, 1.165) is 19.3 Å². The summed E-state index contributed by atoms with van der Waals surface area (Å²) < 4.78 is 4.96. The molecule has 4 nitrogen and oxygen atoms in total. The van der Waals surface area contributed by atoms with Crippen LogP contribution in [0.15, 0.2) is 18.2 Å². The number of rotatable bonds is 5. The minimum absolute atomic E-state index is 0.00324.